The van der Waals surface area contributed by atoms with Crippen LogP contribution in [0.1, 0.15) is 6.42 Å². The van der Waals surface area contributed by atoms with Crippen molar-refractivity contribution in [3.05, 3.63) is 12.3 Å². The van der Waals surface area contributed by atoms with Crippen molar-refractivity contribution < 1.29 is 31.1 Å². The van der Waals surface area contributed by atoms with Crippen molar-refractivity contribution in [1.82, 2.24) is 0 Å². The van der Waals surface area contributed by atoms with Gasteiger partial charge in [0.15, 0.2) is 0 Å². The Labute approximate surface area is 69.0 Å². The average molecular weight is 206 g/mol. The lowest BCUT2D eigenvalue weighted by Gasteiger charge is -2.32. The van der Waals surface area contributed by atoms with Crippen LogP contribution in [-0.4, -0.2) is 18.0 Å². The van der Waals surface area contributed by atoms with Gasteiger partial charge in [0.05, 0.1) is 6.26 Å². The van der Waals surface area contributed by atoms with Crippen molar-refractivity contribution in [3.63, 3.8) is 0 Å². The molecule has 0 spiro atoms. The molecule has 0 saturated heterocycles. The van der Waals surface area contributed by atoms with Crippen molar-refractivity contribution >= 4 is 0 Å². The molecule has 0 bridgehead atoms. The first-order chi connectivity index (χ1) is 5.71. The van der Waals surface area contributed by atoms with Gasteiger partial charge in [-0.2, -0.15) is 26.3 Å². The molecule has 76 valence electrons. The molecule has 1 nitrogen and oxygen atoms in total. The van der Waals surface area contributed by atoms with Crippen LogP contribution in [0.25, 0.3) is 0 Å². The second kappa shape index (κ2) is 2.55. The summed E-state index contributed by atoms with van der Waals surface area (Å²) in [5, 5.41) is 0. The Morgan fingerprint density at radius 3 is 1.62 bits per heavy atom. The van der Waals surface area contributed by atoms with Crippen LogP contribution in [0.2, 0.25) is 0 Å². The highest BCUT2D eigenvalue weighted by atomic mass is 19.4. The van der Waals surface area contributed by atoms with E-state index in [4.69, 9.17) is 0 Å². The van der Waals surface area contributed by atoms with Crippen molar-refractivity contribution in [2.75, 3.05) is 0 Å². The van der Waals surface area contributed by atoms with Gasteiger partial charge in [0, 0.05) is 6.42 Å². The quantitative estimate of drug-likeness (QED) is 0.553. The van der Waals surface area contributed by atoms with E-state index in [1.807, 2.05) is 0 Å². The summed E-state index contributed by atoms with van der Waals surface area (Å²) in [5.74, 6) is 0. The van der Waals surface area contributed by atoms with Crippen LogP contribution in [-0.2, 0) is 4.74 Å². The molecule has 0 aliphatic carbocycles. The summed E-state index contributed by atoms with van der Waals surface area (Å²) in [4.78, 5) is 0. The fourth-order valence-corrected chi connectivity index (χ4v) is 0.952. The van der Waals surface area contributed by atoms with Gasteiger partial charge in [-0.1, -0.05) is 0 Å². The minimum atomic E-state index is -5.45. The van der Waals surface area contributed by atoms with Crippen LogP contribution in [0.5, 0.6) is 0 Å². The van der Waals surface area contributed by atoms with Crippen LogP contribution < -0.4 is 0 Å². The molecule has 1 rings (SSSR count). The minimum Gasteiger partial charge on any atom is -0.476 e. The van der Waals surface area contributed by atoms with Gasteiger partial charge in [0.25, 0.3) is 0 Å². The molecule has 0 aromatic carbocycles. The first-order valence-corrected chi connectivity index (χ1v) is 3.17. The number of hydrogen-bond donors (Lipinski definition) is 0. The van der Waals surface area contributed by atoms with E-state index in [9.17, 15) is 26.3 Å². The van der Waals surface area contributed by atoms with E-state index in [1.165, 1.54) is 0 Å². The molecule has 0 atom stereocenters. The Balaban J connectivity index is 3.04. The van der Waals surface area contributed by atoms with Crippen LogP contribution >= 0.6 is 0 Å². The Morgan fingerprint density at radius 1 is 1.00 bits per heavy atom. The summed E-state index contributed by atoms with van der Waals surface area (Å²) in [5.41, 5.74) is -4.04. The van der Waals surface area contributed by atoms with E-state index in [0.717, 1.165) is 0 Å². The first-order valence-electron chi connectivity index (χ1n) is 3.17. The van der Waals surface area contributed by atoms with E-state index in [2.05, 4.69) is 4.74 Å². The fourth-order valence-electron chi connectivity index (χ4n) is 0.952. The largest absolute Gasteiger partial charge is 0.476 e. The number of rotatable bonds is 0. The molecular formula is C6H4F6O. The second-order valence-electron chi connectivity index (χ2n) is 2.52. The third-order valence-electron chi connectivity index (χ3n) is 1.69. The van der Waals surface area contributed by atoms with E-state index in [1.54, 1.807) is 0 Å². The molecule has 7 heteroatoms. The van der Waals surface area contributed by atoms with Gasteiger partial charge in [0.2, 0.25) is 0 Å². The zero-order chi connectivity index (χ0) is 10.3. The second-order valence-corrected chi connectivity index (χ2v) is 2.52. The Morgan fingerprint density at radius 2 is 1.46 bits per heavy atom. The standard InChI is InChI=1S/C6H4F6O/c7-5(8,9)4(6(10,11)12)2-1-3-13-4/h1,3H,2H2. The van der Waals surface area contributed by atoms with E-state index >= 15 is 0 Å². The van der Waals surface area contributed by atoms with Crippen LogP contribution in [0.15, 0.2) is 12.3 Å². The van der Waals surface area contributed by atoms with Crippen molar-refractivity contribution in [3.8, 4) is 0 Å². The molecule has 0 unspecified atom stereocenters. The fraction of sp³-hybridized carbons (Fsp3) is 0.667. The third-order valence-corrected chi connectivity index (χ3v) is 1.69. The summed E-state index contributed by atoms with van der Waals surface area (Å²) in [7, 11) is 0. The average Bonchev–Trinajstić information content (AvgIpc) is 2.28. The number of ether oxygens (including phenoxy) is 1. The summed E-state index contributed by atoms with van der Waals surface area (Å²) >= 11 is 0. The lowest BCUT2D eigenvalue weighted by Crippen LogP contribution is -2.56. The summed E-state index contributed by atoms with van der Waals surface area (Å²) in [6, 6.07) is 0. The predicted molar refractivity (Wildman–Crippen MR) is 29.7 cm³/mol. The first kappa shape index (κ1) is 10.2. The van der Waals surface area contributed by atoms with Gasteiger partial charge in [-0.3, -0.25) is 0 Å². The van der Waals surface area contributed by atoms with Crippen LogP contribution in [0.4, 0.5) is 26.3 Å². The zero-order valence-corrected chi connectivity index (χ0v) is 6.04. The van der Waals surface area contributed by atoms with Crippen LogP contribution in [0.3, 0.4) is 0 Å². The normalized spacial score (nSPS) is 21.7. The molecule has 0 N–H and O–H groups in total. The summed E-state index contributed by atoms with van der Waals surface area (Å²) < 4.78 is 75.8. The topological polar surface area (TPSA) is 9.23 Å². The Bertz CT molecular complexity index is 200. The number of hydrogen-bond acceptors (Lipinski definition) is 1. The molecule has 0 saturated carbocycles. The molecule has 0 amide bonds. The molecule has 1 aliphatic heterocycles. The minimum absolute atomic E-state index is 0.418. The van der Waals surface area contributed by atoms with Gasteiger partial charge < -0.3 is 4.74 Å². The van der Waals surface area contributed by atoms with Crippen molar-refractivity contribution in [2.45, 2.75) is 24.4 Å². The van der Waals surface area contributed by atoms with Gasteiger partial charge in [-0.05, 0) is 6.08 Å². The molecular weight excluding hydrogens is 202 g/mol. The predicted octanol–water partition coefficient (Wildman–Crippen LogP) is 2.78. The maximum atomic E-state index is 12.0. The highest BCUT2D eigenvalue weighted by Crippen LogP contribution is 2.50. The van der Waals surface area contributed by atoms with Crippen molar-refractivity contribution in [2.24, 2.45) is 0 Å². The molecule has 0 aromatic rings. The SMILES string of the molecule is FC(F)(F)C1(C(F)(F)F)CC=CO1. The molecule has 1 aliphatic rings. The van der Waals surface area contributed by atoms with Gasteiger partial charge in [-0.15, -0.1) is 0 Å². The van der Waals surface area contributed by atoms with Gasteiger partial charge in [-0.25, -0.2) is 0 Å². The molecule has 1 heterocycles. The van der Waals surface area contributed by atoms with E-state index in [0.29, 0.717) is 12.3 Å². The van der Waals surface area contributed by atoms with E-state index < -0.39 is 24.4 Å². The maximum absolute atomic E-state index is 12.0. The highest BCUT2D eigenvalue weighted by molar-refractivity contribution is 5.07. The van der Waals surface area contributed by atoms with Gasteiger partial charge in [0.1, 0.15) is 0 Å². The van der Waals surface area contributed by atoms with E-state index in [-0.39, 0.29) is 0 Å². The Hall–Kier alpha value is -0.880. The molecule has 13 heavy (non-hydrogen) atoms. The number of alkyl halides is 6. The third kappa shape index (κ3) is 1.36. The zero-order valence-electron chi connectivity index (χ0n) is 6.04. The summed E-state index contributed by atoms with van der Waals surface area (Å²) in [6.07, 6.45) is -11.0. The molecule has 0 aromatic heterocycles. The van der Waals surface area contributed by atoms with Gasteiger partial charge >= 0.3 is 18.0 Å². The lowest BCUT2D eigenvalue weighted by atomic mass is 10.00. The summed E-state index contributed by atoms with van der Waals surface area (Å²) in [6.45, 7) is 0. The molecule has 0 radical (unpaired) electrons. The van der Waals surface area contributed by atoms with Crippen molar-refractivity contribution in [1.29, 1.82) is 0 Å². The maximum Gasteiger partial charge on any atom is 0.437 e. The number of halogens is 6. The molecule has 0 fully saturated rings. The highest BCUT2D eigenvalue weighted by Gasteiger charge is 2.73. The Kier molecular flexibility index (Phi) is 2.00. The lowest BCUT2D eigenvalue weighted by molar-refractivity contribution is -0.362. The van der Waals surface area contributed by atoms with Crippen LogP contribution in [0, 0.1) is 0 Å². The monoisotopic (exact) mass is 206 g/mol. The smallest absolute Gasteiger partial charge is 0.437 e.